The van der Waals surface area contributed by atoms with Gasteiger partial charge in [0.25, 0.3) is 5.91 Å². The van der Waals surface area contributed by atoms with Crippen molar-refractivity contribution in [2.45, 2.75) is 43.2 Å². The molecule has 2 unspecified atom stereocenters. The highest BCUT2D eigenvalue weighted by atomic mass is 32.2. The zero-order valence-corrected chi connectivity index (χ0v) is 16.1. The summed E-state index contributed by atoms with van der Waals surface area (Å²) in [4.78, 5) is 15.0. The van der Waals surface area contributed by atoms with Crippen LogP contribution in [0.3, 0.4) is 0 Å². The summed E-state index contributed by atoms with van der Waals surface area (Å²) in [5.74, 6) is -0.0919. The normalized spacial score (nSPS) is 23.1. The smallest absolute Gasteiger partial charge is 0.254 e. The molecule has 2 bridgehead atoms. The summed E-state index contributed by atoms with van der Waals surface area (Å²) < 4.78 is 32.2. The van der Waals surface area contributed by atoms with Gasteiger partial charge in [-0.2, -0.15) is 0 Å². The molecular formula is C18H27N3O4S. The topological polar surface area (TPSA) is 87.7 Å². The highest BCUT2D eigenvalue weighted by molar-refractivity contribution is 7.89. The predicted octanol–water partition coefficient (Wildman–Crippen LogP) is 0.886. The average Bonchev–Trinajstić information content (AvgIpc) is 2.93. The van der Waals surface area contributed by atoms with E-state index in [1.54, 1.807) is 6.07 Å². The lowest BCUT2D eigenvalue weighted by molar-refractivity contribution is 0.0747. The number of hydrogen-bond acceptors (Lipinski definition) is 5. The van der Waals surface area contributed by atoms with Crippen LogP contribution in [0.4, 0.5) is 0 Å². The molecule has 2 aliphatic heterocycles. The van der Waals surface area contributed by atoms with Crippen LogP contribution in [0.2, 0.25) is 0 Å². The number of nitrogens with zero attached hydrogens (tertiary/aromatic N) is 1. The van der Waals surface area contributed by atoms with Crippen molar-refractivity contribution in [3.05, 3.63) is 29.3 Å². The average molecular weight is 381 g/mol. The molecule has 2 aliphatic rings. The number of carbonyl (C=O) groups excluding carboxylic acids is 1. The van der Waals surface area contributed by atoms with Crippen LogP contribution in [0, 0.1) is 6.92 Å². The Bertz CT molecular complexity index is 766. The number of rotatable bonds is 6. The van der Waals surface area contributed by atoms with Crippen molar-refractivity contribution in [1.29, 1.82) is 0 Å². The van der Waals surface area contributed by atoms with E-state index in [4.69, 9.17) is 4.74 Å². The van der Waals surface area contributed by atoms with Crippen molar-refractivity contribution >= 4 is 15.9 Å². The zero-order chi connectivity index (χ0) is 18.7. The summed E-state index contributed by atoms with van der Waals surface area (Å²) in [6.45, 7) is 3.70. The molecule has 2 N–H and O–H groups in total. The van der Waals surface area contributed by atoms with Crippen LogP contribution < -0.4 is 10.0 Å². The largest absolute Gasteiger partial charge is 0.383 e. The fourth-order valence-electron chi connectivity index (χ4n) is 3.66. The lowest BCUT2D eigenvalue weighted by atomic mass is 10.0. The summed E-state index contributed by atoms with van der Waals surface area (Å²) in [6.07, 6.45) is 3.20. The molecule has 1 aromatic rings. The number of sulfonamides is 1. The molecule has 144 valence electrons. The molecule has 2 fully saturated rings. The van der Waals surface area contributed by atoms with Gasteiger partial charge in [0, 0.05) is 44.4 Å². The van der Waals surface area contributed by atoms with E-state index in [2.05, 4.69) is 10.0 Å². The number of carbonyl (C=O) groups is 1. The number of amides is 1. The summed E-state index contributed by atoms with van der Waals surface area (Å²) in [5.41, 5.74) is 1.24. The molecule has 2 saturated heterocycles. The van der Waals surface area contributed by atoms with Gasteiger partial charge in [-0.1, -0.05) is 6.07 Å². The molecule has 0 aliphatic carbocycles. The van der Waals surface area contributed by atoms with Crippen LogP contribution >= 0.6 is 0 Å². The van der Waals surface area contributed by atoms with Gasteiger partial charge < -0.3 is 15.0 Å². The Morgan fingerprint density at radius 3 is 2.85 bits per heavy atom. The fraction of sp³-hybridized carbons (Fsp3) is 0.611. The van der Waals surface area contributed by atoms with Crippen LogP contribution in [0.5, 0.6) is 0 Å². The van der Waals surface area contributed by atoms with Crippen molar-refractivity contribution < 1.29 is 17.9 Å². The van der Waals surface area contributed by atoms with Crippen molar-refractivity contribution in [3.63, 3.8) is 0 Å². The number of nitrogens with one attached hydrogen (secondary N) is 2. The molecule has 7 nitrogen and oxygen atoms in total. The molecule has 1 amide bonds. The summed E-state index contributed by atoms with van der Waals surface area (Å²) in [5, 5.41) is 3.56. The van der Waals surface area contributed by atoms with Gasteiger partial charge in [0.15, 0.2) is 0 Å². The van der Waals surface area contributed by atoms with Crippen LogP contribution in [0.1, 0.15) is 35.2 Å². The van der Waals surface area contributed by atoms with E-state index >= 15 is 0 Å². The summed E-state index contributed by atoms with van der Waals surface area (Å²) in [6, 6.07) is 5.56. The van der Waals surface area contributed by atoms with Crippen LogP contribution in [-0.4, -0.2) is 64.7 Å². The van der Waals surface area contributed by atoms with Crippen molar-refractivity contribution in [2.75, 3.05) is 33.4 Å². The molecule has 0 spiro atoms. The molecule has 2 atom stereocenters. The first-order valence-corrected chi connectivity index (χ1v) is 10.5. The van der Waals surface area contributed by atoms with Crippen molar-refractivity contribution in [1.82, 2.24) is 14.9 Å². The third kappa shape index (κ3) is 4.25. The number of methoxy groups -OCH3 is 1. The second-order valence-electron chi connectivity index (χ2n) is 7.05. The van der Waals surface area contributed by atoms with Crippen molar-refractivity contribution in [3.8, 4) is 0 Å². The number of likely N-dealkylation sites (tertiary alicyclic amines) is 1. The van der Waals surface area contributed by atoms with Gasteiger partial charge in [-0.15, -0.1) is 0 Å². The van der Waals surface area contributed by atoms with Gasteiger partial charge in [0.2, 0.25) is 10.0 Å². The third-order valence-electron chi connectivity index (χ3n) is 5.16. The van der Waals surface area contributed by atoms with E-state index in [0.29, 0.717) is 37.3 Å². The summed E-state index contributed by atoms with van der Waals surface area (Å²) >= 11 is 0. The molecule has 3 rings (SSSR count). The first-order chi connectivity index (χ1) is 12.4. The lowest BCUT2D eigenvalue weighted by Crippen LogP contribution is -2.39. The van der Waals surface area contributed by atoms with Gasteiger partial charge in [-0.25, -0.2) is 13.1 Å². The van der Waals surface area contributed by atoms with E-state index in [-0.39, 0.29) is 17.3 Å². The van der Waals surface area contributed by atoms with E-state index in [1.807, 2.05) is 11.8 Å². The quantitative estimate of drug-likeness (QED) is 0.715. The monoisotopic (exact) mass is 381 g/mol. The Hall–Kier alpha value is -1.48. The zero-order valence-electron chi connectivity index (χ0n) is 15.3. The van der Waals surface area contributed by atoms with Gasteiger partial charge in [-0.05, 0) is 43.9 Å². The standard InChI is InChI=1S/C18H27N3O4S/c1-13-3-6-16(26(23,24)19-8-10-25-2)11-17(13)18(22)21-9-7-14-4-5-15(12-21)20-14/h3,6,11,14-15,19-20H,4-5,7-10,12H2,1-2H3. The Kier molecular flexibility index (Phi) is 5.96. The minimum Gasteiger partial charge on any atom is -0.383 e. The predicted molar refractivity (Wildman–Crippen MR) is 98.7 cm³/mol. The molecule has 0 radical (unpaired) electrons. The minimum absolute atomic E-state index is 0.0919. The second kappa shape index (κ2) is 8.04. The first kappa shape index (κ1) is 19.3. The Morgan fingerprint density at radius 1 is 1.31 bits per heavy atom. The molecule has 2 heterocycles. The van der Waals surface area contributed by atoms with E-state index in [9.17, 15) is 13.2 Å². The van der Waals surface area contributed by atoms with Gasteiger partial charge in [0.05, 0.1) is 11.5 Å². The fourth-order valence-corrected chi connectivity index (χ4v) is 4.70. The Balaban J connectivity index is 1.79. The maximum atomic E-state index is 13.1. The van der Waals surface area contributed by atoms with Gasteiger partial charge in [-0.3, -0.25) is 4.79 Å². The molecule has 8 heteroatoms. The van der Waals surface area contributed by atoms with Crippen LogP contribution in [-0.2, 0) is 14.8 Å². The molecular weight excluding hydrogens is 354 g/mol. The highest BCUT2D eigenvalue weighted by Crippen LogP contribution is 2.23. The number of ether oxygens (including phenoxy) is 1. The minimum atomic E-state index is -3.66. The number of aryl methyl sites for hydroxylation is 1. The van der Waals surface area contributed by atoms with Crippen molar-refractivity contribution in [2.24, 2.45) is 0 Å². The van der Waals surface area contributed by atoms with E-state index in [0.717, 1.165) is 18.4 Å². The molecule has 26 heavy (non-hydrogen) atoms. The molecule has 1 aromatic carbocycles. The summed E-state index contributed by atoms with van der Waals surface area (Å²) in [7, 11) is -2.15. The van der Waals surface area contributed by atoms with E-state index < -0.39 is 10.0 Å². The van der Waals surface area contributed by atoms with E-state index in [1.165, 1.54) is 25.7 Å². The van der Waals surface area contributed by atoms with Gasteiger partial charge >= 0.3 is 0 Å². The Morgan fingerprint density at radius 2 is 2.08 bits per heavy atom. The maximum Gasteiger partial charge on any atom is 0.254 e. The first-order valence-electron chi connectivity index (χ1n) is 9.05. The third-order valence-corrected chi connectivity index (χ3v) is 6.62. The highest BCUT2D eigenvalue weighted by Gasteiger charge is 2.32. The molecule has 0 saturated carbocycles. The lowest BCUT2D eigenvalue weighted by Gasteiger charge is -2.25. The maximum absolute atomic E-state index is 13.1. The molecule has 0 aromatic heterocycles. The Labute approximate surface area is 155 Å². The number of fused-ring (bicyclic) bond motifs is 2. The SMILES string of the molecule is COCCNS(=O)(=O)c1ccc(C)c(C(=O)N2CCC3CCC(C2)N3)c1. The van der Waals surface area contributed by atoms with Crippen LogP contribution in [0.25, 0.3) is 0 Å². The number of benzene rings is 1. The second-order valence-corrected chi connectivity index (χ2v) is 8.81. The van der Waals surface area contributed by atoms with Gasteiger partial charge in [0.1, 0.15) is 0 Å². The number of hydrogen-bond donors (Lipinski definition) is 2. The van der Waals surface area contributed by atoms with Crippen LogP contribution in [0.15, 0.2) is 23.1 Å².